The highest BCUT2D eigenvalue weighted by Crippen LogP contribution is 2.33. The SMILES string of the molecule is CC(C(=O)O)c1ccc(NC(=O)C2Oc3ccccc3OC2C)cc1. The molecule has 1 aliphatic rings. The first kappa shape index (κ1) is 16.8. The Morgan fingerprint density at radius 2 is 1.64 bits per heavy atom. The van der Waals surface area contributed by atoms with Gasteiger partial charge in [0, 0.05) is 5.69 Å². The monoisotopic (exact) mass is 341 g/mol. The number of rotatable bonds is 4. The summed E-state index contributed by atoms with van der Waals surface area (Å²) < 4.78 is 11.5. The van der Waals surface area contributed by atoms with Gasteiger partial charge >= 0.3 is 5.97 Å². The minimum atomic E-state index is -0.892. The van der Waals surface area contributed by atoms with Crippen LogP contribution in [0, 0.1) is 0 Å². The highest BCUT2D eigenvalue weighted by Gasteiger charge is 2.34. The van der Waals surface area contributed by atoms with Crippen molar-refractivity contribution in [2.45, 2.75) is 32.0 Å². The molecule has 3 unspecified atom stereocenters. The van der Waals surface area contributed by atoms with E-state index in [1.165, 1.54) is 0 Å². The fourth-order valence-electron chi connectivity index (χ4n) is 2.62. The van der Waals surface area contributed by atoms with Gasteiger partial charge in [0.25, 0.3) is 5.91 Å². The van der Waals surface area contributed by atoms with E-state index in [2.05, 4.69) is 5.32 Å². The maximum absolute atomic E-state index is 12.5. The fourth-order valence-corrected chi connectivity index (χ4v) is 2.62. The quantitative estimate of drug-likeness (QED) is 0.893. The predicted molar refractivity (Wildman–Crippen MR) is 92.1 cm³/mol. The van der Waals surface area contributed by atoms with Crippen LogP contribution in [0.3, 0.4) is 0 Å². The van der Waals surface area contributed by atoms with Crippen LogP contribution in [0.15, 0.2) is 48.5 Å². The van der Waals surface area contributed by atoms with Crippen molar-refractivity contribution in [3.8, 4) is 11.5 Å². The second-order valence-corrected chi connectivity index (χ2v) is 5.98. The van der Waals surface area contributed by atoms with Crippen LogP contribution in [0.2, 0.25) is 0 Å². The van der Waals surface area contributed by atoms with Crippen molar-refractivity contribution >= 4 is 17.6 Å². The highest BCUT2D eigenvalue weighted by molar-refractivity contribution is 5.95. The van der Waals surface area contributed by atoms with Crippen molar-refractivity contribution in [2.24, 2.45) is 0 Å². The molecular weight excluding hydrogens is 322 g/mol. The lowest BCUT2D eigenvalue weighted by Crippen LogP contribution is -2.46. The molecule has 0 radical (unpaired) electrons. The number of para-hydroxylation sites is 2. The largest absolute Gasteiger partial charge is 0.482 e. The van der Waals surface area contributed by atoms with Gasteiger partial charge in [0.15, 0.2) is 11.5 Å². The van der Waals surface area contributed by atoms with Gasteiger partial charge in [0.1, 0.15) is 6.10 Å². The average molecular weight is 341 g/mol. The van der Waals surface area contributed by atoms with Crippen LogP contribution in [0.4, 0.5) is 5.69 Å². The molecule has 0 fully saturated rings. The lowest BCUT2D eigenvalue weighted by molar-refractivity contribution is -0.138. The summed E-state index contributed by atoms with van der Waals surface area (Å²) in [5, 5.41) is 11.8. The third-order valence-electron chi connectivity index (χ3n) is 4.15. The summed E-state index contributed by atoms with van der Waals surface area (Å²) in [5.41, 5.74) is 1.24. The van der Waals surface area contributed by atoms with Crippen molar-refractivity contribution in [1.82, 2.24) is 0 Å². The highest BCUT2D eigenvalue weighted by atomic mass is 16.6. The maximum Gasteiger partial charge on any atom is 0.310 e. The van der Waals surface area contributed by atoms with E-state index in [0.29, 0.717) is 22.7 Å². The molecule has 1 amide bonds. The molecule has 3 rings (SSSR count). The number of fused-ring (bicyclic) bond motifs is 1. The number of amides is 1. The third-order valence-corrected chi connectivity index (χ3v) is 4.15. The number of hydrogen-bond donors (Lipinski definition) is 2. The van der Waals surface area contributed by atoms with E-state index in [9.17, 15) is 9.59 Å². The summed E-state index contributed by atoms with van der Waals surface area (Å²) >= 11 is 0. The van der Waals surface area contributed by atoms with Crippen molar-refractivity contribution < 1.29 is 24.2 Å². The summed E-state index contributed by atoms with van der Waals surface area (Å²) in [4.78, 5) is 23.5. The lowest BCUT2D eigenvalue weighted by Gasteiger charge is -2.31. The van der Waals surface area contributed by atoms with Crippen LogP contribution in [0.25, 0.3) is 0 Å². The number of hydrogen-bond acceptors (Lipinski definition) is 4. The van der Waals surface area contributed by atoms with E-state index in [4.69, 9.17) is 14.6 Å². The summed E-state index contributed by atoms with van der Waals surface area (Å²) in [6, 6.07) is 13.9. The van der Waals surface area contributed by atoms with Gasteiger partial charge in [0.05, 0.1) is 5.92 Å². The van der Waals surface area contributed by atoms with Gasteiger partial charge in [-0.25, -0.2) is 0 Å². The number of carboxylic acid groups (broad SMARTS) is 1. The van der Waals surface area contributed by atoms with Gasteiger partial charge in [-0.15, -0.1) is 0 Å². The second-order valence-electron chi connectivity index (χ2n) is 5.98. The molecule has 2 aromatic carbocycles. The zero-order chi connectivity index (χ0) is 18.0. The van der Waals surface area contributed by atoms with Crippen LogP contribution in [0.5, 0.6) is 11.5 Å². The predicted octanol–water partition coefficient (Wildman–Crippen LogP) is 3.04. The Balaban J connectivity index is 1.69. The van der Waals surface area contributed by atoms with Crippen molar-refractivity contribution in [3.05, 3.63) is 54.1 Å². The molecule has 0 saturated heterocycles. The summed E-state index contributed by atoms with van der Waals surface area (Å²) in [6.45, 7) is 3.39. The Hall–Kier alpha value is -3.02. The van der Waals surface area contributed by atoms with Crippen molar-refractivity contribution in [3.63, 3.8) is 0 Å². The van der Waals surface area contributed by atoms with Crippen LogP contribution in [0.1, 0.15) is 25.3 Å². The van der Waals surface area contributed by atoms with Gasteiger partial charge in [-0.05, 0) is 43.7 Å². The lowest BCUT2D eigenvalue weighted by atomic mass is 10.0. The number of carbonyl (C=O) groups excluding carboxylic acids is 1. The van der Waals surface area contributed by atoms with Crippen molar-refractivity contribution in [1.29, 1.82) is 0 Å². The molecule has 3 atom stereocenters. The van der Waals surface area contributed by atoms with Gasteiger partial charge in [-0.3, -0.25) is 9.59 Å². The van der Waals surface area contributed by atoms with Crippen molar-refractivity contribution in [2.75, 3.05) is 5.32 Å². The van der Waals surface area contributed by atoms with Gasteiger partial charge in [-0.1, -0.05) is 24.3 Å². The molecule has 2 N–H and O–H groups in total. The molecule has 0 aromatic heterocycles. The Morgan fingerprint density at radius 3 is 2.24 bits per heavy atom. The molecular formula is C19H19NO5. The number of nitrogens with one attached hydrogen (secondary N) is 1. The van der Waals surface area contributed by atoms with E-state index < -0.39 is 24.1 Å². The van der Waals surface area contributed by atoms with Crippen LogP contribution in [-0.2, 0) is 9.59 Å². The first-order valence-electron chi connectivity index (χ1n) is 8.01. The van der Waals surface area contributed by atoms with E-state index in [1.807, 2.05) is 12.1 Å². The van der Waals surface area contributed by atoms with Crippen LogP contribution >= 0.6 is 0 Å². The zero-order valence-electron chi connectivity index (χ0n) is 13.9. The topological polar surface area (TPSA) is 84.9 Å². The smallest absolute Gasteiger partial charge is 0.310 e. The molecule has 0 spiro atoms. The first-order valence-corrected chi connectivity index (χ1v) is 8.01. The van der Waals surface area contributed by atoms with E-state index in [1.54, 1.807) is 50.2 Å². The third kappa shape index (κ3) is 3.57. The Labute approximate surface area is 145 Å². The molecule has 25 heavy (non-hydrogen) atoms. The molecule has 6 heteroatoms. The normalized spacial score (nSPS) is 19.8. The first-order chi connectivity index (χ1) is 12.0. The van der Waals surface area contributed by atoms with E-state index >= 15 is 0 Å². The van der Waals surface area contributed by atoms with Crippen LogP contribution < -0.4 is 14.8 Å². The molecule has 1 heterocycles. The second kappa shape index (κ2) is 6.84. The van der Waals surface area contributed by atoms with E-state index in [0.717, 1.165) is 0 Å². The minimum Gasteiger partial charge on any atom is -0.482 e. The van der Waals surface area contributed by atoms with Gasteiger partial charge < -0.3 is 19.9 Å². The standard InChI is InChI=1S/C19H19NO5/c1-11(19(22)23)13-7-9-14(10-8-13)20-18(21)17-12(2)24-15-5-3-4-6-16(15)25-17/h3-12,17H,1-2H3,(H,20,21)(H,22,23). The number of aliphatic carboxylic acids is 1. The molecule has 0 aliphatic carbocycles. The van der Waals surface area contributed by atoms with Gasteiger partial charge in [0.2, 0.25) is 6.10 Å². The number of benzene rings is 2. The maximum atomic E-state index is 12.5. The number of ether oxygens (including phenoxy) is 2. The molecule has 6 nitrogen and oxygen atoms in total. The minimum absolute atomic E-state index is 0.318. The Bertz CT molecular complexity index is 787. The molecule has 2 aromatic rings. The Morgan fingerprint density at radius 1 is 1.04 bits per heavy atom. The fraction of sp³-hybridized carbons (Fsp3) is 0.263. The average Bonchev–Trinajstić information content (AvgIpc) is 2.61. The summed E-state index contributed by atoms with van der Waals surface area (Å²) in [7, 11) is 0. The molecule has 0 bridgehead atoms. The Kier molecular flexibility index (Phi) is 4.61. The van der Waals surface area contributed by atoms with Crippen LogP contribution in [-0.4, -0.2) is 29.2 Å². The molecule has 0 saturated carbocycles. The zero-order valence-corrected chi connectivity index (χ0v) is 13.9. The van der Waals surface area contributed by atoms with E-state index in [-0.39, 0.29) is 5.91 Å². The summed E-state index contributed by atoms with van der Waals surface area (Å²) in [6.07, 6.45) is -1.20. The van der Waals surface area contributed by atoms with Gasteiger partial charge in [-0.2, -0.15) is 0 Å². The molecule has 1 aliphatic heterocycles. The number of carboxylic acids is 1. The summed E-state index contributed by atoms with van der Waals surface area (Å²) in [5.74, 6) is -0.660. The number of carbonyl (C=O) groups is 2. The molecule has 130 valence electrons. The number of anilines is 1.